The number of hydrogen-bond acceptors (Lipinski definition) is 3. The highest BCUT2D eigenvalue weighted by Crippen LogP contribution is 2.28. The molecule has 0 saturated carbocycles. The lowest BCUT2D eigenvalue weighted by Crippen LogP contribution is -2.23. The Labute approximate surface area is 91.2 Å². The van der Waals surface area contributed by atoms with Gasteiger partial charge in [0.25, 0.3) is 0 Å². The third-order valence-corrected chi connectivity index (χ3v) is 2.76. The summed E-state index contributed by atoms with van der Waals surface area (Å²) >= 11 is 0. The fraction of sp³-hybridized carbons (Fsp3) is 0.667. The monoisotopic (exact) mass is 209 g/mol. The van der Waals surface area contributed by atoms with Gasteiger partial charge in [-0.15, -0.1) is 0 Å². The molecule has 0 aromatic carbocycles. The second kappa shape index (κ2) is 4.60. The number of oxime groups is 1. The van der Waals surface area contributed by atoms with Crippen LogP contribution < -0.4 is 0 Å². The number of carbonyl (C=O) groups excluding carboxylic acids is 1. The van der Waals surface area contributed by atoms with Crippen LogP contribution in [-0.4, -0.2) is 17.1 Å². The zero-order valence-electron chi connectivity index (χ0n) is 9.91. The highest BCUT2D eigenvalue weighted by Gasteiger charge is 2.33. The van der Waals surface area contributed by atoms with Crippen molar-refractivity contribution in [2.45, 2.75) is 46.1 Å². The fourth-order valence-electron chi connectivity index (χ4n) is 1.47. The third kappa shape index (κ3) is 3.18. The molecule has 3 nitrogen and oxygen atoms in total. The Hall–Kier alpha value is -1.12. The van der Waals surface area contributed by atoms with E-state index in [1.54, 1.807) is 12.2 Å². The zero-order chi connectivity index (χ0) is 11.5. The molecule has 0 bridgehead atoms. The first-order valence-corrected chi connectivity index (χ1v) is 5.41. The molecule has 0 amide bonds. The van der Waals surface area contributed by atoms with E-state index in [9.17, 15) is 4.79 Å². The molecular formula is C12H19NO2. The summed E-state index contributed by atoms with van der Waals surface area (Å²) in [5.41, 5.74) is 0.665. The summed E-state index contributed by atoms with van der Waals surface area (Å²) in [4.78, 5) is 16.2. The topological polar surface area (TPSA) is 38.7 Å². The lowest BCUT2D eigenvalue weighted by molar-refractivity contribution is -0.112. The van der Waals surface area contributed by atoms with Gasteiger partial charge in [-0.25, -0.2) is 0 Å². The van der Waals surface area contributed by atoms with Crippen molar-refractivity contribution in [1.82, 2.24) is 0 Å². The fourth-order valence-corrected chi connectivity index (χ4v) is 1.47. The Kier molecular flexibility index (Phi) is 3.66. The highest BCUT2D eigenvalue weighted by molar-refractivity contribution is 5.90. The molecular weight excluding hydrogens is 190 g/mol. The molecule has 0 spiro atoms. The van der Waals surface area contributed by atoms with Crippen molar-refractivity contribution >= 4 is 11.5 Å². The lowest BCUT2D eigenvalue weighted by Gasteiger charge is -2.16. The predicted octanol–water partition coefficient (Wildman–Crippen LogP) is 2.71. The molecule has 0 radical (unpaired) electrons. The van der Waals surface area contributed by atoms with Gasteiger partial charge in [0.15, 0.2) is 11.4 Å². The summed E-state index contributed by atoms with van der Waals surface area (Å²) in [7, 11) is 0. The number of ketones is 1. The van der Waals surface area contributed by atoms with E-state index >= 15 is 0 Å². The summed E-state index contributed by atoms with van der Waals surface area (Å²) < 4.78 is 0. The summed E-state index contributed by atoms with van der Waals surface area (Å²) in [6.45, 7) is 7.76. The summed E-state index contributed by atoms with van der Waals surface area (Å²) in [5.74, 6) is 0.495. The van der Waals surface area contributed by atoms with Gasteiger partial charge in [0, 0.05) is 6.42 Å². The van der Waals surface area contributed by atoms with Gasteiger partial charge in [0.1, 0.15) is 0 Å². The van der Waals surface area contributed by atoms with Gasteiger partial charge in [0.05, 0.1) is 5.71 Å². The van der Waals surface area contributed by atoms with Gasteiger partial charge in [-0.2, -0.15) is 0 Å². The minimum Gasteiger partial charge on any atom is -0.385 e. The van der Waals surface area contributed by atoms with E-state index < -0.39 is 5.60 Å². The average Bonchev–Trinajstić information content (AvgIpc) is 2.58. The van der Waals surface area contributed by atoms with Crippen LogP contribution in [0.5, 0.6) is 0 Å². The van der Waals surface area contributed by atoms with Gasteiger partial charge in [-0.05, 0) is 38.3 Å². The first-order chi connectivity index (χ1) is 6.97. The molecule has 1 heterocycles. The van der Waals surface area contributed by atoms with E-state index in [0.717, 1.165) is 18.6 Å². The third-order valence-electron chi connectivity index (χ3n) is 2.76. The molecule has 0 fully saturated rings. The van der Waals surface area contributed by atoms with E-state index in [4.69, 9.17) is 4.84 Å². The van der Waals surface area contributed by atoms with Crippen LogP contribution in [0.15, 0.2) is 17.3 Å². The van der Waals surface area contributed by atoms with Crippen molar-refractivity contribution in [1.29, 1.82) is 0 Å². The first-order valence-electron chi connectivity index (χ1n) is 5.41. The summed E-state index contributed by atoms with van der Waals surface area (Å²) in [5, 5.41) is 4.09. The van der Waals surface area contributed by atoms with Crippen LogP contribution >= 0.6 is 0 Å². The number of hydrogen-bond donors (Lipinski definition) is 0. The Morgan fingerprint density at radius 1 is 1.73 bits per heavy atom. The van der Waals surface area contributed by atoms with Crippen molar-refractivity contribution in [3.63, 3.8) is 0 Å². The Morgan fingerprint density at radius 3 is 2.93 bits per heavy atom. The summed E-state index contributed by atoms with van der Waals surface area (Å²) in [6.07, 6.45) is 5.20. The quantitative estimate of drug-likeness (QED) is 0.668. The van der Waals surface area contributed by atoms with Crippen LogP contribution in [0.1, 0.15) is 40.5 Å². The molecule has 1 aliphatic rings. The summed E-state index contributed by atoms with van der Waals surface area (Å²) in [6, 6.07) is 0. The van der Waals surface area contributed by atoms with E-state index in [-0.39, 0.29) is 5.78 Å². The molecule has 2 unspecified atom stereocenters. The molecule has 1 aliphatic heterocycles. The molecule has 15 heavy (non-hydrogen) atoms. The Balaban J connectivity index is 2.61. The van der Waals surface area contributed by atoms with E-state index in [2.05, 4.69) is 19.0 Å². The van der Waals surface area contributed by atoms with Crippen molar-refractivity contribution < 1.29 is 9.63 Å². The van der Waals surface area contributed by atoms with Crippen LogP contribution in [0.3, 0.4) is 0 Å². The van der Waals surface area contributed by atoms with Crippen LogP contribution in [0.25, 0.3) is 0 Å². The van der Waals surface area contributed by atoms with E-state index in [0.29, 0.717) is 5.92 Å². The number of carbonyl (C=O) groups is 1. The lowest BCUT2D eigenvalue weighted by atomic mass is 9.91. The molecule has 0 aromatic heterocycles. The maximum Gasteiger partial charge on any atom is 0.158 e. The highest BCUT2D eigenvalue weighted by atomic mass is 16.7. The van der Waals surface area contributed by atoms with Crippen LogP contribution in [0.2, 0.25) is 0 Å². The maximum atomic E-state index is 10.8. The Bertz CT molecular complexity index is 307. The van der Waals surface area contributed by atoms with Gasteiger partial charge >= 0.3 is 0 Å². The first kappa shape index (κ1) is 12.0. The van der Waals surface area contributed by atoms with E-state index in [1.165, 1.54) is 6.92 Å². The van der Waals surface area contributed by atoms with Gasteiger partial charge in [-0.3, -0.25) is 4.79 Å². The predicted molar refractivity (Wildman–Crippen MR) is 60.8 cm³/mol. The number of allylic oxidation sites excluding steroid dienone is 1. The molecule has 0 N–H and O–H groups in total. The smallest absolute Gasteiger partial charge is 0.158 e. The molecule has 0 saturated heterocycles. The normalized spacial score (nSPS) is 27.6. The number of rotatable bonds is 4. The average molecular weight is 209 g/mol. The molecule has 1 rings (SSSR count). The van der Waals surface area contributed by atoms with E-state index in [1.807, 2.05) is 6.92 Å². The van der Waals surface area contributed by atoms with Gasteiger partial charge in [0.2, 0.25) is 0 Å². The minimum absolute atomic E-state index is 0.0387. The van der Waals surface area contributed by atoms with Crippen LogP contribution in [0.4, 0.5) is 0 Å². The van der Waals surface area contributed by atoms with Crippen LogP contribution in [-0.2, 0) is 9.63 Å². The second-order valence-corrected chi connectivity index (χ2v) is 4.42. The van der Waals surface area contributed by atoms with Gasteiger partial charge in [-0.1, -0.05) is 19.0 Å². The standard InChI is InChI=1S/C12H19NO2/c1-5-9(2)11-8-12(4,15-13-11)7-6-10(3)14/h6-7,9H,5,8H2,1-4H3/b7-6+. The van der Waals surface area contributed by atoms with Crippen molar-refractivity contribution in [2.75, 3.05) is 0 Å². The maximum absolute atomic E-state index is 10.8. The van der Waals surface area contributed by atoms with Crippen LogP contribution in [0, 0.1) is 5.92 Å². The molecule has 0 aliphatic carbocycles. The number of nitrogens with zero attached hydrogens (tertiary/aromatic N) is 1. The SMILES string of the molecule is CCC(C)C1=NOC(C)(/C=C/C(C)=O)C1. The minimum atomic E-state index is -0.426. The van der Waals surface area contributed by atoms with Crippen molar-refractivity contribution in [3.05, 3.63) is 12.2 Å². The molecule has 3 heteroatoms. The van der Waals surface area contributed by atoms with Crippen molar-refractivity contribution in [3.8, 4) is 0 Å². The van der Waals surface area contributed by atoms with Gasteiger partial charge < -0.3 is 4.84 Å². The van der Waals surface area contributed by atoms with Crippen molar-refractivity contribution in [2.24, 2.45) is 11.1 Å². The largest absolute Gasteiger partial charge is 0.385 e. The Morgan fingerprint density at radius 2 is 2.40 bits per heavy atom. The molecule has 2 atom stereocenters. The molecule has 0 aromatic rings. The zero-order valence-corrected chi connectivity index (χ0v) is 9.91. The molecule has 84 valence electrons. The second-order valence-electron chi connectivity index (χ2n) is 4.42.